The van der Waals surface area contributed by atoms with Crippen LogP contribution in [0.2, 0.25) is 0 Å². The van der Waals surface area contributed by atoms with Crippen molar-refractivity contribution in [1.29, 1.82) is 0 Å². The van der Waals surface area contributed by atoms with Gasteiger partial charge in [-0.2, -0.15) is 0 Å². The highest BCUT2D eigenvalue weighted by Crippen LogP contribution is 2.69. The van der Waals surface area contributed by atoms with E-state index in [1.165, 1.54) is 0 Å². The van der Waals surface area contributed by atoms with Gasteiger partial charge >= 0.3 is 10.1 Å². The number of ether oxygens (including phenoxy) is 2. The molecule has 0 amide bonds. The number of nitrogens with zero attached hydrogens (tertiary/aromatic N) is 1. The van der Waals surface area contributed by atoms with Gasteiger partial charge in [0.2, 0.25) is 10.7 Å². The number of hydrogen-bond donors (Lipinski definition) is 0. The minimum absolute atomic E-state index is 0.272. The lowest BCUT2D eigenvalue weighted by molar-refractivity contribution is 0.130. The molecule has 0 unspecified atom stereocenters. The second-order valence-electron chi connectivity index (χ2n) is 12.8. The molecule has 254 valence electrons. The van der Waals surface area contributed by atoms with E-state index in [4.69, 9.17) is 9.47 Å². The minimum Gasteiger partial charge on any atom is -0.488 e. The summed E-state index contributed by atoms with van der Waals surface area (Å²) in [7, 11) is -5.43. The maximum atomic E-state index is 15.1. The van der Waals surface area contributed by atoms with E-state index < -0.39 is 65.6 Å². The SMILES string of the molecule is CN(C)c1ccc(S([OH+]S(=O)(=O)c2c(F)c(F)c(F)c(F)c2F)(c2ccc(OC(C)(C)C)cc2)c2ccc(OC(C)(C)C)cc2)cc1. The second kappa shape index (κ2) is 13.0. The zero-order valence-corrected chi connectivity index (χ0v) is 28.8. The van der Waals surface area contributed by atoms with E-state index in [0.717, 1.165) is 5.69 Å². The van der Waals surface area contributed by atoms with E-state index in [9.17, 15) is 21.6 Å². The van der Waals surface area contributed by atoms with Crippen LogP contribution in [0.3, 0.4) is 0 Å². The Hall–Kier alpha value is -3.81. The smallest absolute Gasteiger partial charge is 0.428 e. The summed E-state index contributed by atoms with van der Waals surface area (Å²) in [6.45, 7) is 11.1. The molecule has 4 rings (SSSR count). The lowest BCUT2D eigenvalue weighted by Crippen LogP contribution is -2.24. The molecule has 0 fully saturated rings. The summed E-state index contributed by atoms with van der Waals surface area (Å²) >= 11 is 0. The van der Waals surface area contributed by atoms with Crippen molar-refractivity contribution < 1.29 is 43.5 Å². The first-order valence-electron chi connectivity index (χ1n) is 14.4. The van der Waals surface area contributed by atoms with Crippen LogP contribution in [-0.4, -0.2) is 37.3 Å². The maximum Gasteiger partial charge on any atom is 0.428 e. The average Bonchev–Trinajstić information content (AvgIpc) is 2.97. The van der Waals surface area contributed by atoms with Crippen LogP contribution >= 0.6 is 10.3 Å². The van der Waals surface area contributed by atoms with Gasteiger partial charge in [0.05, 0.1) is 25.0 Å². The normalized spacial score (nSPS) is 13.0. The number of anilines is 1. The summed E-state index contributed by atoms with van der Waals surface area (Å²) < 4.78 is 117. The summed E-state index contributed by atoms with van der Waals surface area (Å²) in [4.78, 5) is 0.600. The number of hydrogen-bond acceptors (Lipinski definition) is 5. The summed E-state index contributed by atoms with van der Waals surface area (Å²) in [6.07, 6.45) is 0. The largest absolute Gasteiger partial charge is 0.488 e. The molecular weight excluding hydrogens is 661 g/mol. The highest BCUT2D eigenvalue weighted by Gasteiger charge is 2.47. The Kier molecular flexibility index (Phi) is 9.97. The molecule has 0 saturated heterocycles. The molecule has 0 aliphatic carbocycles. The van der Waals surface area contributed by atoms with Gasteiger partial charge in [0.15, 0.2) is 23.3 Å². The van der Waals surface area contributed by atoms with Crippen LogP contribution in [0.5, 0.6) is 11.5 Å². The number of benzene rings is 4. The molecule has 0 aliphatic rings. The summed E-state index contributed by atoms with van der Waals surface area (Å²) in [5, 5.41) is 0. The van der Waals surface area contributed by atoms with Crippen LogP contribution in [-0.2, 0) is 10.1 Å². The second-order valence-corrected chi connectivity index (χ2v) is 17.3. The van der Waals surface area contributed by atoms with Gasteiger partial charge in [-0.05, 0) is 114 Å². The van der Waals surface area contributed by atoms with Crippen molar-refractivity contribution in [3.05, 3.63) is 102 Å². The maximum absolute atomic E-state index is 15.1. The Morgan fingerprint density at radius 1 is 0.553 bits per heavy atom. The van der Waals surface area contributed by atoms with E-state index >= 15 is 8.78 Å². The van der Waals surface area contributed by atoms with Crippen molar-refractivity contribution in [1.82, 2.24) is 0 Å². The third-order valence-electron chi connectivity index (χ3n) is 6.51. The molecule has 0 radical (unpaired) electrons. The third-order valence-corrected chi connectivity index (χ3v) is 11.9. The fourth-order valence-electron chi connectivity index (χ4n) is 4.59. The number of halogens is 5. The van der Waals surface area contributed by atoms with Crippen molar-refractivity contribution in [2.24, 2.45) is 0 Å². The molecule has 13 heteroatoms. The van der Waals surface area contributed by atoms with Crippen LogP contribution in [0.4, 0.5) is 27.6 Å². The Morgan fingerprint density at radius 3 is 1.19 bits per heavy atom. The van der Waals surface area contributed by atoms with Crippen LogP contribution in [0.1, 0.15) is 41.5 Å². The van der Waals surface area contributed by atoms with Crippen LogP contribution in [0, 0.1) is 29.1 Å². The fraction of sp³-hybridized carbons (Fsp3) is 0.294. The van der Waals surface area contributed by atoms with Gasteiger partial charge in [0, 0.05) is 19.8 Å². The van der Waals surface area contributed by atoms with Gasteiger partial charge in [0.25, 0.3) is 0 Å². The summed E-state index contributed by atoms with van der Waals surface area (Å²) in [5.74, 6) is -11.4. The van der Waals surface area contributed by atoms with E-state index in [1.54, 1.807) is 91.8 Å². The number of rotatable bonds is 9. The van der Waals surface area contributed by atoms with Gasteiger partial charge in [-0.1, -0.05) is 0 Å². The topological polar surface area (TPSA) is 68.6 Å². The zero-order chi connectivity index (χ0) is 35.1. The molecule has 0 heterocycles. The first-order chi connectivity index (χ1) is 21.7. The predicted octanol–water partition coefficient (Wildman–Crippen LogP) is 9.48. The van der Waals surface area contributed by atoms with Crippen molar-refractivity contribution >= 4 is 26.1 Å². The Labute approximate surface area is 273 Å². The predicted molar refractivity (Wildman–Crippen MR) is 173 cm³/mol. The molecule has 4 aromatic rings. The molecule has 4 aromatic carbocycles. The highest BCUT2D eigenvalue weighted by molar-refractivity contribution is 8.32. The van der Waals surface area contributed by atoms with Gasteiger partial charge in [-0.25, -0.2) is 22.0 Å². The van der Waals surface area contributed by atoms with E-state index in [1.807, 2.05) is 41.5 Å². The minimum atomic E-state index is -5.60. The summed E-state index contributed by atoms with van der Waals surface area (Å²) in [5.41, 5.74) is -0.404. The van der Waals surface area contributed by atoms with Crippen molar-refractivity contribution in [2.45, 2.75) is 72.3 Å². The molecule has 0 aliphatic heterocycles. The molecule has 6 nitrogen and oxygen atoms in total. The van der Waals surface area contributed by atoms with Gasteiger partial charge in [0.1, 0.15) is 22.7 Å². The first-order valence-corrected chi connectivity index (χ1v) is 17.4. The van der Waals surface area contributed by atoms with Gasteiger partial charge in [-0.15, -0.1) is 8.42 Å². The van der Waals surface area contributed by atoms with E-state index in [2.05, 4.69) is 3.63 Å². The quantitative estimate of drug-likeness (QED) is 0.0573. The van der Waals surface area contributed by atoms with E-state index in [0.29, 0.717) is 16.4 Å². The van der Waals surface area contributed by atoms with Crippen molar-refractivity contribution in [3.63, 3.8) is 0 Å². The van der Waals surface area contributed by atoms with Gasteiger partial charge in [-0.3, -0.25) is 3.63 Å². The lowest BCUT2D eigenvalue weighted by atomic mass is 10.2. The summed E-state index contributed by atoms with van der Waals surface area (Å²) in [6, 6.07) is 19.2. The molecule has 1 N–H and O–H groups in total. The van der Waals surface area contributed by atoms with Crippen LogP contribution in [0.25, 0.3) is 0 Å². The van der Waals surface area contributed by atoms with Crippen LogP contribution in [0.15, 0.2) is 92.4 Å². The first kappa shape index (κ1) is 36.0. The van der Waals surface area contributed by atoms with Crippen molar-refractivity contribution in [3.8, 4) is 11.5 Å². The zero-order valence-electron chi connectivity index (χ0n) is 27.2. The van der Waals surface area contributed by atoms with E-state index in [-0.39, 0.29) is 9.79 Å². The Bertz CT molecular complexity index is 1760. The molecule has 0 saturated carbocycles. The Balaban J connectivity index is 2.07. The van der Waals surface area contributed by atoms with Crippen molar-refractivity contribution in [2.75, 3.05) is 19.0 Å². The highest BCUT2D eigenvalue weighted by atomic mass is 32.3. The standard InChI is InChI=1S/C34H36F5NO5S2/c1-33(2,3)43-22-11-17-25(18-12-22)46(24-15-9-21(10-16-24)40(7)8,26-19-13-23(14-20-26)44-34(4,5)6)45-47(41,42)32-30(38)28(36)27(35)29(37)31(32)39/h9-20H,1-8H3/p+1. The Morgan fingerprint density at radius 2 is 0.872 bits per heavy atom. The molecular formula is C34H37F5NO5S2+. The molecule has 0 aromatic heterocycles. The van der Waals surface area contributed by atoms with Crippen LogP contribution < -0.4 is 14.4 Å². The molecule has 0 spiro atoms. The third kappa shape index (κ3) is 7.68. The molecule has 0 bridgehead atoms. The molecule has 47 heavy (non-hydrogen) atoms. The monoisotopic (exact) mass is 698 g/mol. The fourth-order valence-corrected chi connectivity index (χ4v) is 10.1. The molecule has 0 atom stereocenters. The average molecular weight is 699 g/mol. The van der Waals surface area contributed by atoms with Gasteiger partial charge < -0.3 is 14.4 Å². The lowest BCUT2D eigenvalue weighted by Gasteiger charge is -2.35.